The maximum atomic E-state index is 13.4. The van der Waals surface area contributed by atoms with Gasteiger partial charge in [-0.3, -0.25) is 0 Å². The van der Waals surface area contributed by atoms with Crippen LogP contribution in [0.15, 0.2) is 23.1 Å². The molecule has 0 heterocycles. The molecule has 0 amide bonds. The lowest BCUT2D eigenvalue weighted by Gasteiger charge is -2.19. The second-order valence-corrected chi connectivity index (χ2v) is 5.20. The summed E-state index contributed by atoms with van der Waals surface area (Å²) in [6.45, 7) is 1.17. The van der Waals surface area contributed by atoms with E-state index in [2.05, 4.69) is 0 Å². The Balaban J connectivity index is 3.20. The zero-order valence-electron chi connectivity index (χ0n) is 9.23. The van der Waals surface area contributed by atoms with E-state index in [1.165, 1.54) is 0 Å². The summed E-state index contributed by atoms with van der Waals surface area (Å²) < 4.78 is 50.8. The average molecular weight is 265 g/mol. The van der Waals surface area contributed by atoms with Gasteiger partial charge in [-0.1, -0.05) is 6.92 Å². The van der Waals surface area contributed by atoms with E-state index >= 15 is 0 Å². The average Bonchev–Trinajstić information content (AvgIpc) is 2.24. The van der Waals surface area contributed by atoms with Crippen molar-refractivity contribution < 1.29 is 22.3 Å². The molecular formula is C10H13F2NO3S. The van der Waals surface area contributed by atoms with Crippen molar-refractivity contribution in [1.29, 1.82) is 0 Å². The molecule has 1 aromatic carbocycles. The van der Waals surface area contributed by atoms with Crippen LogP contribution < -0.4 is 0 Å². The predicted molar refractivity (Wildman–Crippen MR) is 57.9 cm³/mol. The quantitative estimate of drug-likeness (QED) is 0.863. The third-order valence-corrected chi connectivity index (χ3v) is 4.22. The van der Waals surface area contributed by atoms with Crippen LogP contribution in [0.25, 0.3) is 0 Å². The minimum absolute atomic E-state index is 0.0969. The molecular weight excluding hydrogens is 252 g/mol. The van der Waals surface area contributed by atoms with Crippen molar-refractivity contribution in [3.63, 3.8) is 0 Å². The van der Waals surface area contributed by atoms with Crippen LogP contribution in [0.5, 0.6) is 0 Å². The molecule has 0 bridgehead atoms. The van der Waals surface area contributed by atoms with Crippen LogP contribution in [0.4, 0.5) is 8.78 Å². The van der Waals surface area contributed by atoms with Gasteiger partial charge in [0, 0.05) is 19.2 Å². The maximum Gasteiger partial charge on any atom is 0.246 e. The summed E-state index contributed by atoms with van der Waals surface area (Å²) in [4.78, 5) is -0.589. The molecule has 0 aromatic heterocycles. The molecule has 1 aromatic rings. The van der Waals surface area contributed by atoms with Crippen LogP contribution in [0.3, 0.4) is 0 Å². The smallest absolute Gasteiger partial charge is 0.246 e. The Labute approximate surface area is 98.5 Å². The summed E-state index contributed by atoms with van der Waals surface area (Å²) in [6, 6.07) is 2.27. The summed E-state index contributed by atoms with van der Waals surface area (Å²) >= 11 is 0. The molecule has 1 rings (SSSR count). The van der Waals surface area contributed by atoms with E-state index in [9.17, 15) is 17.2 Å². The van der Waals surface area contributed by atoms with Gasteiger partial charge in [0.1, 0.15) is 16.5 Å². The van der Waals surface area contributed by atoms with Crippen LogP contribution in [0.1, 0.15) is 6.92 Å². The second kappa shape index (κ2) is 5.52. The third-order valence-electron chi connectivity index (χ3n) is 2.21. The summed E-state index contributed by atoms with van der Waals surface area (Å²) in [7, 11) is -4.03. The Hall–Kier alpha value is -1.05. The molecule has 7 heteroatoms. The summed E-state index contributed by atoms with van der Waals surface area (Å²) in [5.74, 6) is -1.98. The van der Waals surface area contributed by atoms with Gasteiger partial charge in [-0.05, 0) is 12.1 Å². The van der Waals surface area contributed by atoms with E-state index in [0.29, 0.717) is 6.07 Å². The molecule has 0 fully saturated rings. The van der Waals surface area contributed by atoms with Gasteiger partial charge in [0.05, 0.1) is 6.61 Å². The Morgan fingerprint density at radius 1 is 1.35 bits per heavy atom. The second-order valence-electron chi connectivity index (χ2n) is 3.30. The summed E-state index contributed by atoms with van der Waals surface area (Å²) in [6.07, 6.45) is 0. The van der Waals surface area contributed by atoms with Crippen LogP contribution in [0, 0.1) is 11.6 Å². The SMILES string of the molecule is CCN(CCO)S(=O)(=O)c1ccc(F)cc1F. The number of aliphatic hydroxyl groups excluding tert-OH is 1. The van der Waals surface area contributed by atoms with Gasteiger partial charge < -0.3 is 5.11 Å². The fourth-order valence-corrected chi connectivity index (χ4v) is 2.87. The molecule has 0 aliphatic heterocycles. The third kappa shape index (κ3) is 2.99. The number of sulfonamides is 1. The van der Waals surface area contributed by atoms with Crippen molar-refractivity contribution in [2.75, 3.05) is 19.7 Å². The van der Waals surface area contributed by atoms with Crippen LogP contribution >= 0.6 is 0 Å². The van der Waals surface area contributed by atoms with E-state index in [4.69, 9.17) is 5.11 Å². The standard InChI is InChI=1S/C10H13F2NO3S/c1-2-13(5-6-14)17(15,16)10-4-3-8(11)7-9(10)12/h3-4,7,14H,2,5-6H2,1H3. The predicted octanol–water partition coefficient (Wildman–Crippen LogP) is 0.968. The number of hydrogen-bond donors (Lipinski definition) is 1. The van der Waals surface area contributed by atoms with E-state index in [0.717, 1.165) is 16.4 Å². The van der Waals surface area contributed by atoms with Gasteiger partial charge in [-0.25, -0.2) is 17.2 Å². The highest BCUT2D eigenvalue weighted by molar-refractivity contribution is 7.89. The zero-order valence-corrected chi connectivity index (χ0v) is 10.0. The molecule has 0 radical (unpaired) electrons. The van der Waals surface area contributed by atoms with Gasteiger partial charge in [0.25, 0.3) is 0 Å². The Bertz CT molecular complexity index is 490. The van der Waals surface area contributed by atoms with E-state index in [1.807, 2.05) is 0 Å². The highest BCUT2D eigenvalue weighted by atomic mass is 32.2. The van der Waals surface area contributed by atoms with Gasteiger partial charge in [0.15, 0.2) is 0 Å². The maximum absolute atomic E-state index is 13.4. The highest BCUT2D eigenvalue weighted by Crippen LogP contribution is 2.19. The van der Waals surface area contributed by atoms with Gasteiger partial charge >= 0.3 is 0 Å². The number of aliphatic hydroxyl groups is 1. The molecule has 0 saturated carbocycles. The molecule has 1 N–H and O–H groups in total. The first-order valence-corrected chi connectivity index (χ1v) is 6.43. The van der Waals surface area contributed by atoms with Crippen LogP contribution in [0.2, 0.25) is 0 Å². The topological polar surface area (TPSA) is 57.6 Å². The zero-order chi connectivity index (χ0) is 13.1. The van der Waals surface area contributed by atoms with Crippen molar-refractivity contribution in [2.24, 2.45) is 0 Å². The van der Waals surface area contributed by atoms with Gasteiger partial charge in [0.2, 0.25) is 10.0 Å². The monoisotopic (exact) mass is 265 g/mol. The molecule has 0 atom stereocenters. The lowest BCUT2D eigenvalue weighted by atomic mass is 10.3. The Kier molecular flexibility index (Phi) is 4.55. The molecule has 0 saturated heterocycles. The summed E-state index contributed by atoms with van der Waals surface area (Å²) in [5, 5.41) is 8.73. The minimum Gasteiger partial charge on any atom is -0.395 e. The Morgan fingerprint density at radius 3 is 2.47 bits per heavy atom. The van der Waals surface area contributed by atoms with E-state index in [-0.39, 0.29) is 19.7 Å². The molecule has 96 valence electrons. The number of hydrogen-bond acceptors (Lipinski definition) is 3. The number of rotatable bonds is 5. The van der Waals surface area contributed by atoms with Crippen molar-refractivity contribution in [1.82, 2.24) is 4.31 Å². The lowest BCUT2D eigenvalue weighted by molar-refractivity contribution is 0.256. The van der Waals surface area contributed by atoms with Crippen molar-refractivity contribution in [2.45, 2.75) is 11.8 Å². The number of likely N-dealkylation sites (N-methyl/N-ethyl adjacent to an activating group) is 1. The fourth-order valence-electron chi connectivity index (χ4n) is 1.38. The van der Waals surface area contributed by atoms with Crippen molar-refractivity contribution in [3.05, 3.63) is 29.8 Å². The normalized spacial score (nSPS) is 12.1. The van der Waals surface area contributed by atoms with Crippen molar-refractivity contribution >= 4 is 10.0 Å². The molecule has 0 unspecified atom stereocenters. The number of benzene rings is 1. The van der Waals surface area contributed by atoms with Crippen LogP contribution in [-0.2, 0) is 10.0 Å². The molecule has 0 aliphatic rings. The van der Waals surface area contributed by atoms with E-state index < -0.39 is 26.6 Å². The minimum atomic E-state index is -4.03. The first-order chi connectivity index (χ1) is 7.93. The first-order valence-electron chi connectivity index (χ1n) is 4.99. The van der Waals surface area contributed by atoms with Crippen molar-refractivity contribution in [3.8, 4) is 0 Å². The molecule has 0 aliphatic carbocycles. The fraction of sp³-hybridized carbons (Fsp3) is 0.400. The molecule has 17 heavy (non-hydrogen) atoms. The highest BCUT2D eigenvalue weighted by Gasteiger charge is 2.25. The lowest BCUT2D eigenvalue weighted by Crippen LogP contribution is -2.33. The van der Waals surface area contributed by atoms with Gasteiger partial charge in [-0.2, -0.15) is 4.31 Å². The molecule has 4 nitrogen and oxygen atoms in total. The largest absolute Gasteiger partial charge is 0.395 e. The number of halogens is 2. The summed E-state index contributed by atoms with van der Waals surface area (Å²) in [5.41, 5.74) is 0. The Morgan fingerprint density at radius 2 is 2.00 bits per heavy atom. The van der Waals surface area contributed by atoms with Crippen LogP contribution in [-0.4, -0.2) is 37.5 Å². The number of nitrogens with zero attached hydrogens (tertiary/aromatic N) is 1. The van der Waals surface area contributed by atoms with Gasteiger partial charge in [-0.15, -0.1) is 0 Å². The molecule has 0 spiro atoms. The van der Waals surface area contributed by atoms with E-state index in [1.54, 1.807) is 6.92 Å². The first kappa shape index (κ1) is 14.0.